The average Bonchev–Trinajstić information content (AvgIpc) is 3.26. The number of aromatic nitrogens is 3. The van der Waals surface area contributed by atoms with Gasteiger partial charge >= 0.3 is 6.03 Å². The summed E-state index contributed by atoms with van der Waals surface area (Å²) in [6.45, 7) is 6.96. The van der Waals surface area contributed by atoms with E-state index in [4.69, 9.17) is 0 Å². The lowest BCUT2D eigenvalue weighted by Gasteiger charge is -2.17. The smallest absolute Gasteiger partial charge is 0.315 e. The molecule has 0 saturated carbocycles. The first-order valence-corrected chi connectivity index (χ1v) is 9.45. The zero-order valence-corrected chi connectivity index (χ0v) is 16.3. The van der Waals surface area contributed by atoms with Gasteiger partial charge in [-0.2, -0.15) is 5.10 Å². The molecule has 3 heterocycles. The van der Waals surface area contributed by atoms with E-state index in [0.29, 0.717) is 19.5 Å². The molecule has 1 aliphatic heterocycles. The van der Waals surface area contributed by atoms with E-state index in [2.05, 4.69) is 20.7 Å². The van der Waals surface area contributed by atoms with Crippen LogP contribution in [0.4, 0.5) is 10.6 Å². The molecule has 0 aromatic carbocycles. The summed E-state index contributed by atoms with van der Waals surface area (Å²) in [5, 5.41) is 10.9. The minimum Gasteiger partial charge on any atom is -0.337 e. The van der Waals surface area contributed by atoms with Gasteiger partial charge in [0.1, 0.15) is 11.9 Å². The molecule has 1 saturated heterocycles. The number of rotatable bonds is 5. The summed E-state index contributed by atoms with van der Waals surface area (Å²) in [6, 6.07) is 1.03. The minimum atomic E-state index is -0.511. The van der Waals surface area contributed by atoms with Crippen LogP contribution in [0.2, 0.25) is 0 Å². The van der Waals surface area contributed by atoms with Gasteiger partial charge in [0.25, 0.3) is 5.91 Å². The quantitative estimate of drug-likeness (QED) is 0.831. The highest BCUT2D eigenvalue weighted by Crippen LogP contribution is 2.22. The normalized spacial score (nSPS) is 18.2. The van der Waals surface area contributed by atoms with Crippen molar-refractivity contribution >= 4 is 29.1 Å². The minimum absolute atomic E-state index is 0.105. The van der Waals surface area contributed by atoms with Gasteiger partial charge in [-0.05, 0) is 20.3 Å². The van der Waals surface area contributed by atoms with Crippen LogP contribution in [0.3, 0.4) is 0 Å². The molecule has 0 bridgehead atoms. The monoisotopic (exact) mass is 376 g/mol. The Bertz CT molecular complexity index is 814. The van der Waals surface area contributed by atoms with E-state index in [1.165, 1.54) is 0 Å². The number of amides is 3. The maximum Gasteiger partial charge on any atom is 0.315 e. The molecule has 2 N–H and O–H groups in total. The third kappa shape index (κ3) is 3.87. The Hall–Kier alpha value is -2.42. The van der Waals surface area contributed by atoms with Crippen LogP contribution < -0.4 is 15.5 Å². The van der Waals surface area contributed by atoms with Gasteiger partial charge in [0, 0.05) is 43.2 Å². The van der Waals surface area contributed by atoms with Gasteiger partial charge in [-0.3, -0.25) is 14.4 Å². The van der Waals surface area contributed by atoms with Crippen molar-refractivity contribution in [1.29, 1.82) is 0 Å². The Morgan fingerprint density at radius 1 is 1.46 bits per heavy atom. The Morgan fingerprint density at radius 2 is 2.23 bits per heavy atom. The number of carbonyl (C=O) groups is 2. The first kappa shape index (κ1) is 18.4. The van der Waals surface area contributed by atoms with Gasteiger partial charge in [0.05, 0.1) is 10.7 Å². The van der Waals surface area contributed by atoms with Crippen LogP contribution in [0.5, 0.6) is 0 Å². The van der Waals surface area contributed by atoms with Crippen LogP contribution in [-0.4, -0.2) is 45.8 Å². The summed E-state index contributed by atoms with van der Waals surface area (Å²) >= 11 is 1.63. The van der Waals surface area contributed by atoms with Gasteiger partial charge in [-0.25, -0.2) is 9.78 Å². The van der Waals surface area contributed by atoms with Crippen molar-refractivity contribution < 1.29 is 9.59 Å². The number of anilines is 1. The van der Waals surface area contributed by atoms with Crippen LogP contribution >= 0.6 is 11.3 Å². The Balaban J connectivity index is 1.52. The second kappa shape index (κ2) is 7.45. The van der Waals surface area contributed by atoms with Crippen molar-refractivity contribution in [3.05, 3.63) is 27.8 Å². The number of thiazole rings is 1. The van der Waals surface area contributed by atoms with Crippen LogP contribution in [0, 0.1) is 13.8 Å². The van der Waals surface area contributed by atoms with Crippen molar-refractivity contribution in [2.24, 2.45) is 7.05 Å². The van der Waals surface area contributed by atoms with E-state index in [-0.39, 0.29) is 17.9 Å². The van der Waals surface area contributed by atoms with Gasteiger partial charge in [-0.1, -0.05) is 6.92 Å². The zero-order valence-electron chi connectivity index (χ0n) is 15.4. The number of hydrogen-bond donors (Lipinski definition) is 2. The lowest BCUT2D eigenvalue weighted by molar-refractivity contribution is -0.118. The van der Waals surface area contributed by atoms with Gasteiger partial charge < -0.3 is 10.6 Å². The molecule has 2 atom stereocenters. The van der Waals surface area contributed by atoms with Crippen molar-refractivity contribution in [2.75, 3.05) is 18.0 Å². The molecule has 0 aliphatic carbocycles. The Kier molecular flexibility index (Phi) is 5.26. The van der Waals surface area contributed by atoms with E-state index in [1.54, 1.807) is 20.9 Å². The molecular weight excluding hydrogens is 352 g/mol. The van der Waals surface area contributed by atoms with E-state index < -0.39 is 6.04 Å². The van der Waals surface area contributed by atoms with Crippen molar-refractivity contribution in [3.8, 4) is 0 Å². The fraction of sp³-hybridized carbons (Fsp3) is 0.529. The maximum absolute atomic E-state index is 12.6. The molecule has 9 heteroatoms. The second-order valence-electron chi connectivity index (χ2n) is 6.66. The van der Waals surface area contributed by atoms with E-state index in [1.807, 2.05) is 40.1 Å². The lowest BCUT2D eigenvalue weighted by atomic mass is 10.2. The zero-order chi connectivity index (χ0) is 18.8. The topological polar surface area (TPSA) is 92.2 Å². The van der Waals surface area contributed by atoms with Gasteiger partial charge in [0.2, 0.25) is 0 Å². The Labute approximate surface area is 156 Å². The first-order chi connectivity index (χ1) is 12.3. The van der Waals surface area contributed by atoms with Crippen molar-refractivity contribution in [3.63, 3.8) is 0 Å². The number of aryl methyl sites for hydroxylation is 3. The molecule has 26 heavy (non-hydrogen) atoms. The molecule has 2 aromatic heterocycles. The summed E-state index contributed by atoms with van der Waals surface area (Å²) in [4.78, 5) is 31.9. The highest BCUT2D eigenvalue weighted by molar-refractivity contribution is 7.11. The lowest BCUT2D eigenvalue weighted by Crippen LogP contribution is -2.47. The van der Waals surface area contributed by atoms with Gasteiger partial charge in [-0.15, -0.1) is 11.3 Å². The summed E-state index contributed by atoms with van der Waals surface area (Å²) in [7, 11) is 1.81. The molecule has 3 rings (SSSR count). The van der Waals surface area contributed by atoms with Crippen LogP contribution in [0.1, 0.15) is 34.8 Å². The number of hydrogen-bond acceptors (Lipinski definition) is 5. The Morgan fingerprint density at radius 3 is 2.85 bits per heavy atom. The van der Waals surface area contributed by atoms with E-state index >= 15 is 0 Å². The SMILES string of the molecule is Cc1cc(N2CCC(NC(=O)NCC(C)c3ncc(C)s3)C2=O)n(C)n1. The van der Waals surface area contributed by atoms with E-state index in [0.717, 1.165) is 21.4 Å². The summed E-state index contributed by atoms with van der Waals surface area (Å²) < 4.78 is 1.69. The standard InChI is InChI=1S/C17H24N6O2S/c1-10(15-18-9-12(3)26-15)8-19-17(25)20-13-5-6-23(16(13)24)14-7-11(2)21-22(14)4/h7,9-10,13H,5-6,8H2,1-4H3,(H2,19,20,25). The predicted molar refractivity (Wildman–Crippen MR) is 101 cm³/mol. The molecule has 2 unspecified atom stereocenters. The molecule has 0 radical (unpaired) electrons. The number of carbonyl (C=O) groups excluding carboxylic acids is 2. The molecule has 2 aromatic rings. The number of nitrogens with one attached hydrogen (secondary N) is 2. The maximum atomic E-state index is 12.6. The van der Waals surface area contributed by atoms with Gasteiger partial charge in [0.15, 0.2) is 0 Å². The third-order valence-electron chi connectivity index (χ3n) is 4.39. The number of nitrogens with zero attached hydrogens (tertiary/aromatic N) is 4. The highest BCUT2D eigenvalue weighted by Gasteiger charge is 2.35. The van der Waals surface area contributed by atoms with Crippen molar-refractivity contribution in [2.45, 2.75) is 39.2 Å². The molecule has 1 fully saturated rings. The molecule has 3 amide bonds. The first-order valence-electron chi connectivity index (χ1n) is 8.64. The van der Waals surface area contributed by atoms with Crippen LogP contribution in [-0.2, 0) is 11.8 Å². The fourth-order valence-electron chi connectivity index (χ4n) is 3.03. The van der Waals surface area contributed by atoms with Crippen molar-refractivity contribution in [1.82, 2.24) is 25.4 Å². The van der Waals surface area contributed by atoms with Crippen LogP contribution in [0.25, 0.3) is 0 Å². The molecule has 8 nitrogen and oxygen atoms in total. The predicted octanol–water partition coefficient (Wildman–Crippen LogP) is 1.70. The average molecular weight is 376 g/mol. The summed E-state index contributed by atoms with van der Waals surface area (Å²) in [5.41, 5.74) is 0.857. The second-order valence-corrected chi connectivity index (χ2v) is 7.93. The fourth-order valence-corrected chi connectivity index (χ4v) is 3.86. The molecule has 1 aliphatic rings. The molecule has 140 valence electrons. The van der Waals surface area contributed by atoms with E-state index in [9.17, 15) is 9.59 Å². The molecular formula is C17H24N6O2S. The highest BCUT2D eigenvalue weighted by atomic mass is 32.1. The largest absolute Gasteiger partial charge is 0.337 e. The molecule has 0 spiro atoms. The van der Waals surface area contributed by atoms with Crippen LogP contribution in [0.15, 0.2) is 12.3 Å². The summed E-state index contributed by atoms with van der Waals surface area (Å²) in [6.07, 6.45) is 2.42. The third-order valence-corrected chi connectivity index (χ3v) is 5.54. The number of urea groups is 1. The summed E-state index contributed by atoms with van der Waals surface area (Å²) in [5.74, 6) is 0.782.